The van der Waals surface area contributed by atoms with Crippen LogP contribution in [0.25, 0.3) is 0 Å². The van der Waals surface area contributed by atoms with Crippen molar-refractivity contribution >= 4 is 35.7 Å². The Morgan fingerprint density at radius 1 is 1.57 bits per heavy atom. The first kappa shape index (κ1) is 10.7. The summed E-state index contributed by atoms with van der Waals surface area (Å²) in [5, 5.41) is 0. The van der Waals surface area contributed by atoms with Crippen molar-refractivity contribution in [2.75, 3.05) is 0 Å². The van der Waals surface area contributed by atoms with Gasteiger partial charge < -0.3 is 14.2 Å². The van der Waals surface area contributed by atoms with Crippen molar-refractivity contribution in [1.29, 1.82) is 0 Å². The molecule has 0 aliphatic rings. The van der Waals surface area contributed by atoms with Gasteiger partial charge in [-0.1, -0.05) is 0 Å². The van der Waals surface area contributed by atoms with E-state index >= 15 is 0 Å². The van der Waals surface area contributed by atoms with E-state index in [2.05, 4.69) is 12.5 Å². The molecule has 0 fully saturated rings. The van der Waals surface area contributed by atoms with E-state index in [9.17, 15) is 4.57 Å². The van der Waals surface area contributed by atoms with Crippen molar-refractivity contribution in [2.24, 2.45) is 0 Å². The van der Waals surface area contributed by atoms with Gasteiger partial charge in [0.05, 0.1) is 0 Å². The zero-order chi connectivity index (χ0) is 5.21. The molecule has 0 aromatic heterocycles. The summed E-state index contributed by atoms with van der Waals surface area (Å²) >= 11 is 0. The van der Waals surface area contributed by atoms with Crippen LogP contribution in [-0.2, 0) is 9.01 Å². The Hall–Kier alpha value is 0.811. The number of rotatable bonds is 1. The molecule has 0 atom stereocenters. The first-order valence-corrected chi connectivity index (χ1v) is 2.53. The third-order valence-corrected chi connectivity index (χ3v) is 0.412. The number of phosphoric acid groups is 1. The van der Waals surface area contributed by atoms with Gasteiger partial charge in [-0.05, 0) is 0 Å². The zero-order valence-electron chi connectivity index (χ0n) is 2.74. The van der Waals surface area contributed by atoms with Crippen molar-refractivity contribution < 1.29 is 18.8 Å². The summed E-state index contributed by atoms with van der Waals surface area (Å²) < 4.78 is 12.5. The minimum atomic E-state index is -4.37. The van der Waals surface area contributed by atoms with E-state index in [1.807, 2.05) is 0 Å². The van der Waals surface area contributed by atoms with Crippen LogP contribution >= 0.6 is 7.82 Å². The standard InChI is InChI=1S/BH2O4P.Ga.3H/c1-5-6(2,3)4;;;;/h(H2,2,3,4);;;;. The van der Waals surface area contributed by atoms with Gasteiger partial charge in [0.15, 0.2) is 0 Å². The fourth-order valence-electron chi connectivity index (χ4n) is 0. The summed E-state index contributed by atoms with van der Waals surface area (Å²) in [7, 11) is -0.326. The van der Waals surface area contributed by atoms with Crippen LogP contribution in [0.5, 0.6) is 0 Å². The van der Waals surface area contributed by atoms with Crippen LogP contribution in [0.4, 0.5) is 0 Å². The molecule has 0 saturated carbocycles. The van der Waals surface area contributed by atoms with E-state index in [0.29, 0.717) is 0 Å². The molecular weight excluding hydrogens is 176 g/mol. The van der Waals surface area contributed by atoms with Crippen molar-refractivity contribution in [1.82, 2.24) is 0 Å². The first-order valence-electron chi connectivity index (χ1n) is 1.00. The topological polar surface area (TPSA) is 66.8 Å². The van der Waals surface area contributed by atoms with Gasteiger partial charge in [0.1, 0.15) is 0 Å². The van der Waals surface area contributed by atoms with Crippen LogP contribution in [0.2, 0.25) is 0 Å². The molecule has 0 spiro atoms. The number of hydrogen-bond acceptors (Lipinski definition) is 2. The average molecular weight is 181 g/mol. The predicted molar refractivity (Wildman–Crippen MR) is 28.8 cm³/mol. The van der Waals surface area contributed by atoms with Crippen LogP contribution in [0.1, 0.15) is 0 Å². The molecule has 0 saturated heterocycles. The Kier molecular flexibility index (Phi) is 5.78. The number of hydrogen-bond donors (Lipinski definition) is 2. The van der Waals surface area contributed by atoms with Crippen LogP contribution < -0.4 is 0 Å². The summed E-state index contributed by atoms with van der Waals surface area (Å²) in [5.74, 6) is 0. The van der Waals surface area contributed by atoms with E-state index in [4.69, 9.17) is 9.79 Å². The van der Waals surface area contributed by atoms with E-state index < -0.39 is 7.82 Å². The molecule has 40 valence electrons. The molecule has 0 amide bonds. The molecule has 0 bridgehead atoms. The molecule has 0 aromatic carbocycles. The summed E-state index contributed by atoms with van der Waals surface area (Å²) in [6, 6.07) is 0. The Balaban J connectivity index is 0. The molecule has 4 nitrogen and oxygen atoms in total. The van der Waals surface area contributed by atoms with Gasteiger partial charge in [-0.2, -0.15) is 0 Å². The quantitative estimate of drug-likeness (QED) is 0.362. The second kappa shape index (κ2) is 3.77. The van der Waals surface area contributed by atoms with Gasteiger partial charge >= 0.3 is 27.6 Å². The molecular formula is H5BGaO4P. The Labute approximate surface area is 55.0 Å². The fraction of sp³-hybridized carbons (Fsp3) is 0. The van der Waals surface area contributed by atoms with E-state index in [0.717, 1.165) is 0 Å². The molecule has 2 N–H and O–H groups in total. The average Bonchev–Trinajstić information content (AvgIpc) is 1.35. The predicted octanol–water partition coefficient (Wildman–Crippen LogP) is -2.00. The molecule has 0 rings (SSSR count). The molecule has 7 heavy (non-hydrogen) atoms. The van der Waals surface area contributed by atoms with Crippen LogP contribution in [-0.4, -0.2) is 37.6 Å². The zero-order valence-corrected chi connectivity index (χ0v) is 3.63. The SMILES string of the molecule is [B]OP(=O)(O)O.[GaH3]. The van der Waals surface area contributed by atoms with Gasteiger partial charge in [0.25, 0.3) is 8.05 Å². The maximum absolute atomic E-state index is 9.35. The van der Waals surface area contributed by atoms with Gasteiger partial charge in [-0.3, -0.25) is 0 Å². The van der Waals surface area contributed by atoms with Gasteiger partial charge in [0, 0.05) is 0 Å². The Morgan fingerprint density at radius 2 is 1.71 bits per heavy atom. The van der Waals surface area contributed by atoms with E-state index in [1.165, 1.54) is 0 Å². The second-order valence-corrected chi connectivity index (χ2v) is 1.79. The maximum atomic E-state index is 9.35. The summed E-state index contributed by atoms with van der Waals surface area (Å²) in [6.45, 7) is 0. The molecule has 2 radical (unpaired) electrons. The van der Waals surface area contributed by atoms with Crippen molar-refractivity contribution in [2.45, 2.75) is 0 Å². The van der Waals surface area contributed by atoms with Gasteiger partial charge in [0.2, 0.25) is 0 Å². The third-order valence-electron chi connectivity index (χ3n) is 0.137. The second-order valence-electron chi connectivity index (χ2n) is 0.596. The van der Waals surface area contributed by atoms with Gasteiger partial charge in [-0.15, -0.1) is 0 Å². The third kappa shape index (κ3) is 10.9. The van der Waals surface area contributed by atoms with Gasteiger partial charge in [-0.25, -0.2) is 4.57 Å². The Morgan fingerprint density at radius 3 is 1.71 bits per heavy atom. The molecule has 0 unspecified atom stereocenters. The molecule has 0 aliphatic heterocycles. The molecule has 0 aliphatic carbocycles. The normalized spacial score (nSPS) is 10.0. The van der Waals surface area contributed by atoms with Crippen molar-refractivity contribution in [3.63, 3.8) is 0 Å². The van der Waals surface area contributed by atoms with Crippen LogP contribution in [0, 0.1) is 0 Å². The Bertz CT molecular complexity index is 75.8. The van der Waals surface area contributed by atoms with Crippen LogP contribution in [0.15, 0.2) is 0 Å². The molecule has 7 heteroatoms. The summed E-state index contributed by atoms with van der Waals surface area (Å²) in [6.07, 6.45) is 0. The fourth-order valence-corrected chi connectivity index (χ4v) is 0. The van der Waals surface area contributed by atoms with E-state index in [-0.39, 0.29) is 19.8 Å². The van der Waals surface area contributed by atoms with E-state index in [1.54, 1.807) is 0 Å². The summed E-state index contributed by atoms with van der Waals surface area (Å²) in [5.41, 5.74) is 0. The minimum absolute atomic E-state index is 0. The summed E-state index contributed by atoms with van der Waals surface area (Å²) in [4.78, 5) is 15.2. The first-order chi connectivity index (χ1) is 2.56. The van der Waals surface area contributed by atoms with Crippen molar-refractivity contribution in [3.05, 3.63) is 0 Å². The van der Waals surface area contributed by atoms with Crippen LogP contribution in [0.3, 0.4) is 0 Å². The molecule has 0 heterocycles. The monoisotopic (exact) mass is 180 g/mol. The molecule has 0 aromatic rings. The van der Waals surface area contributed by atoms with Crippen molar-refractivity contribution in [3.8, 4) is 0 Å².